The van der Waals surface area contributed by atoms with Crippen molar-refractivity contribution in [2.75, 3.05) is 0 Å². The smallest absolute Gasteiger partial charge is 0.115 e. The molecular weight excluding hydrogens is 188 g/mol. The Balaban J connectivity index is 2.67. The molecule has 1 atom stereocenters. The van der Waals surface area contributed by atoms with Crippen molar-refractivity contribution < 1.29 is 10.2 Å². The second-order valence-electron chi connectivity index (χ2n) is 4.28. The standard InChI is InChI=1S/C13H20O2/c1-3-4-5-9-13(2,15)11-7-6-8-12(14)10-11/h6-8,10,14-15H,3-5,9H2,1-2H3/t13-/m0/s1. The van der Waals surface area contributed by atoms with Gasteiger partial charge in [0.15, 0.2) is 0 Å². The van der Waals surface area contributed by atoms with Gasteiger partial charge in [-0.05, 0) is 31.0 Å². The van der Waals surface area contributed by atoms with Crippen LogP contribution in [0.5, 0.6) is 5.75 Å². The van der Waals surface area contributed by atoms with Gasteiger partial charge in [-0.15, -0.1) is 0 Å². The monoisotopic (exact) mass is 208 g/mol. The Kier molecular flexibility index (Phi) is 4.15. The molecule has 0 spiro atoms. The van der Waals surface area contributed by atoms with Gasteiger partial charge in [-0.1, -0.05) is 38.3 Å². The number of hydrogen-bond donors (Lipinski definition) is 2. The van der Waals surface area contributed by atoms with E-state index in [-0.39, 0.29) is 5.75 Å². The van der Waals surface area contributed by atoms with Crippen molar-refractivity contribution in [2.45, 2.75) is 45.1 Å². The SMILES string of the molecule is CCCCC[C@](C)(O)c1cccc(O)c1. The van der Waals surface area contributed by atoms with Gasteiger partial charge in [0.25, 0.3) is 0 Å². The van der Waals surface area contributed by atoms with Gasteiger partial charge < -0.3 is 10.2 Å². The summed E-state index contributed by atoms with van der Waals surface area (Å²) in [6, 6.07) is 6.86. The summed E-state index contributed by atoms with van der Waals surface area (Å²) in [6.07, 6.45) is 4.04. The van der Waals surface area contributed by atoms with Crippen LogP contribution in [-0.2, 0) is 5.60 Å². The fourth-order valence-electron chi connectivity index (χ4n) is 1.70. The first-order chi connectivity index (χ1) is 7.06. The molecule has 0 heterocycles. The highest BCUT2D eigenvalue weighted by atomic mass is 16.3. The van der Waals surface area contributed by atoms with Gasteiger partial charge >= 0.3 is 0 Å². The third kappa shape index (κ3) is 3.56. The molecule has 0 aliphatic carbocycles. The summed E-state index contributed by atoms with van der Waals surface area (Å²) in [7, 11) is 0. The summed E-state index contributed by atoms with van der Waals surface area (Å²) in [5, 5.41) is 19.6. The van der Waals surface area contributed by atoms with Crippen LogP contribution >= 0.6 is 0 Å². The van der Waals surface area contributed by atoms with E-state index in [1.54, 1.807) is 25.1 Å². The molecule has 0 bridgehead atoms. The molecule has 0 fully saturated rings. The molecule has 15 heavy (non-hydrogen) atoms. The second-order valence-corrected chi connectivity index (χ2v) is 4.28. The fourth-order valence-corrected chi connectivity index (χ4v) is 1.70. The van der Waals surface area contributed by atoms with Crippen molar-refractivity contribution >= 4 is 0 Å². The Morgan fingerprint density at radius 3 is 2.60 bits per heavy atom. The van der Waals surface area contributed by atoms with Crippen LogP contribution in [0.15, 0.2) is 24.3 Å². The van der Waals surface area contributed by atoms with Crippen LogP contribution in [0, 0.1) is 0 Å². The van der Waals surface area contributed by atoms with Crippen LogP contribution in [0.25, 0.3) is 0 Å². The van der Waals surface area contributed by atoms with Crippen molar-refractivity contribution in [1.82, 2.24) is 0 Å². The average molecular weight is 208 g/mol. The molecule has 2 N–H and O–H groups in total. The molecule has 0 unspecified atom stereocenters. The number of rotatable bonds is 5. The third-order valence-corrected chi connectivity index (χ3v) is 2.74. The minimum absolute atomic E-state index is 0.211. The van der Waals surface area contributed by atoms with Crippen LogP contribution in [0.1, 0.15) is 45.1 Å². The summed E-state index contributed by atoms with van der Waals surface area (Å²) in [5.41, 5.74) is -0.0351. The lowest BCUT2D eigenvalue weighted by molar-refractivity contribution is 0.0447. The van der Waals surface area contributed by atoms with E-state index in [2.05, 4.69) is 6.92 Å². The Labute approximate surface area is 91.6 Å². The molecule has 1 rings (SSSR count). The molecule has 0 radical (unpaired) electrons. The molecule has 0 amide bonds. The second kappa shape index (κ2) is 5.17. The number of benzene rings is 1. The Bertz CT molecular complexity index is 305. The van der Waals surface area contributed by atoms with Gasteiger partial charge in [-0.2, -0.15) is 0 Å². The Morgan fingerprint density at radius 1 is 1.27 bits per heavy atom. The summed E-state index contributed by atoms with van der Waals surface area (Å²) in [6.45, 7) is 3.94. The first-order valence-corrected chi connectivity index (χ1v) is 5.58. The van der Waals surface area contributed by atoms with Crippen molar-refractivity contribution in [3.05, 3.63) is 29.8 Å². The number of phenols is 1. The van der Waals surface area contributed by atoms with Crippen LogP contribution in [-0.4, -0.2) is 10.2 Å². The fraction of sp³-hybridized carbons (Fsp3) is 0.538. The molecule has 84 valence electrons. The van der Waals surface area contributed by atoms with E-state index < -0.39 is 5.60 Å². The van der Waals surface area contributed by atoms with Crippen molar-refractivity contribution in [3.8, 4) is 5.75 Å². The first-order valence-electron chi connectivity index (χ1n) is 5.58. The minimum atomic E-state index is -0.825. The van der Waals surface area contributed by atoms with E-state index in [9.17, 15) is 10.2 Å². The summed E-state index contributed by atoms with van der Waals surface area (Å²) < 4.78 is 0. The molecule has 0 aliphatic rings. The van der Waals surface area contributed by atoms with Gasteiger partial charge in [0, 0.05) is 0 Å². The lowest BCUT2D eigenvalue weighted by atomic mass is 9.90. The zero-order valence-corrected chi connectivity index (χ0v) is 9.53. The normalized spacial score (nSPS) is 14.9. The molecule has 1 aromatic carbocycles. The zero-order valence-electron chi connectivity index (χ0n) is 9.53. The molecular formula is C13H20O2. The third-order valence-electron chi connectivity index (χ3n) is 2.74. The van der Waals surface area contributed by atoms with Crippen molar-refractivity contribution in [3.63, 3.8) is 0 Å². The van der Waals surface area contributed by atoms with Gasteiger partial charge in [0.1, 0.15) is 5.75 Å². The predicted molar refractivity (Wildman–Crippen MR) is 61.8 cm³/mol. The van der Waals surface area contributed by atoms with Crippen molar-refractivity contribution in [1.29, 1.82) is 0 Å². The van der Waals surface area contributed by atoms with Crippen LogP contribution in [0.4, 0.5) is 0 Å². The van der Waals surface area contributed by atoms with Crippen LogP contribution < -0.4 is 0 Å². The lowest BCUT2D eigenvalue weighted by Crippen LogP contribution is -2.20. The van der Waals surface area contributed by atoms with Gasteiger partial charge in [0.2, 0.25) is 0 Å². The topological polar surface area (TPSA) is 40.5 Å². The maximum Gasteiger partial charge on any atom is 0.115 e. The molecule has 2 nitrogen and oxygen atoms in total. The van der Waals surface area contributed by atoms with Gasteiger partial charge in [-0.3, -0.25) is 0 Å². The molecule has 1 aromatic rings. The lowest BCUT2D eigenvalue weighted by Gasteiger charge is -2.23. The van der Waals surface area contributed by atoms with E-state index in [4.69, 9.17) is 0 Å². The van der Waals surface area contributed by atoms with Crippen molar-refractivity contribution in [2.24, 2.45) is 0 Å². The number of hydrogen-bond acceptors (Lipinski definition) is 2. The minimum Gasteiger partial charge on any atom is -0.508 e. The molecule has 0 aromatic heterocycles. The Morgan fingerprint density at radius 2 is 2.00 bits per heavy atom. The largest absolute Gasteiger partial charge is 0.508 e. The van der Waals surface area contributed by atoms with Gasteiger partial charge in [0.05, 0.1) is 5.60 Å². The summed E-state index contributed by atoms with van der Waals surface area (Å²) in [5.74, 6) is 0.211. The molecule has 0 saturated heterocycles. The van der Waals surface area contributed by atoms with E-state index >= 15 is 0 Å². The van der Waals surface area contributed by atoms with Crippen LogP contribution in [0.2, 0.25) is 0 Å². The van der Waals surface area contributed by atoms with Gasteiger partial charge in [-0.25, -0.2) is 0 Å². The number of phenolic OH excluding ortho intramolecular Hbond substituents is 1. The van der Waals surface area contributed by atoms with E-state index in [1.165, 1.54) is 0 Å². The summed E-state index contributed by atoms with van der Waals surface area (Å²) >= 11 is 0. The predicted octanol–water partition coefficient (Wildman–Crippen LogP) is 3.18. The number of unbranched alkanes of at least 4 members (excludes halogenated alkanes) is 2. The number of aliphatic hydroxyl groups is 1. The molecule has 2 heteroatoms. The van der Waals surface area contributed by atoms with E-state index in [0.29, 0.717) is 0 Å². The highest BCUT2D eigenvalue weighted by Crippen LogP contribution is 2.28. The van der Waals surface area contributed by atoms with E-state index in [1.807, 2.05) is 6.07 Å². The van der Waals surface area contributed by atoms with E-state index in [0.717, 1.165) is 31.2 Å². The first kappa shape index (κ1) is 12.1. The summed E-state index contributed by atoms with van der Waals surface area (Å²) in [4.78, 5) is 0. The quantitative estimate of drug-likeness (QED) is 0.730. The maximum atomic E-state index is 10.2. The molecule has 0 aliphatic heterocycles. The maximum absolute atomic E-state index is 10.2. The average Bonchev–Trinajstić information content (AvgIpc) is 2.18. The highest BCUT2D eigenvalue weighted by molar-refractivity contribution is 5.30. The Hall–Kier alpha value is -1.02. The highest BCUT2D eigenvalue weighted by Gasteiger charge is 2.22. The number of aromatic hydroxyl groups is 1. The zero-order chi connectivity index (χ0) is 11.3. The molecule has 0 saturated carbocycles. The van der Waals surface area contributed by atoms with Crippen LogP contribution in [0.3, 0.4) is 0 Å².